The van der Waals surface area contributed by atoms with Gasteiger partial charge in [-0.1, -0.05) is 18.2 Å². The Morgan fingerprint density at radius 1 is 1.24 bits per heavy atom. The minimum atomic E-state index is 0.619. The fourth-order valence-corrected chi connectivity index (χ4v) is 1.70. The summed E-state index contributed by atoms with van der Waals surface area (Å²) in [4.78, 5) is 7.72. The number of hydrogen-bond donors (Lipinski definition) is 0. The van der Waals surface area contributed by atoms with Crippen LogP contribution in [0, 0.1) is 0 Å². The van der Waals surface area contributed by atoms with Gasteiger partial charge in [0.2, 0.25) is 0 Å². The molecule has 0 N–H and O–H groups in total. The van der Waals surface area contributed by atoms with Crippen LogP contribution in [0.25, 0.3) is 5.53 Å². The normalized spacial score (nSPS) is 17.6. The van der Waals surface area contributed by atoms with E-state index in [0.29, 0.717) is 24.3 Å². The lowest BCUT2D eigenvalue weighted by Crippen LogP contribution is -2.15. The third-order valence-electron chi connectivity index (χ3n) is 2.57. The van der Waals surface area contributed by atoms with E-state index in [1.807, 2.05) is 30.3 Å². The first kappa shape index (κ1) is 11.3. The van der Waals surface area contributed by atoms with Gasteiger partial charge < -0.3 is 10.3 Å². The van der Waals surface area contributed by atoms with Gasteiger partial charge in [-0.15, -0.1) is 0 Å². The number of nitrogens with zero attached hydrogens (tertiary/aromatic N) is 3. The third-order valence-corrected chi connectivity index (χ3v) is 2.57. The number of aliphatic imine (C=N–C) groups is 1. The summed E-state index contributed by atoms with van der Waals surface area (Å²) in [5, 5.41) is 0. The number of rotatable bonds is 2. The van der Waals surface area contributed by atoms with Gasteiger partial charge >= 0.3 is 0 Å². The van der Waals surface area contributed by atoms with Gasteiger partial charge in [-0.2, -0.15) is 4.79 Å². The molecular weight excluding hydrogens is 214 g/mol. The lowest BCUT2D eigenvalue weighted by Gasteiger charge is -2.12. The zero-order chi connectivity index (χ0) is 12.1. The maximum absolute atomic E-state index is 8.73. The highest BCUT2D eigenvalue weighted by Gasteiger charge is 2.20. The highest BCUT2D eigenvalue weighted by molar-refractivity contribution is 6.10. The quantitative estimate of drug-likeness (QED) is 0.566. The van der Waals surface area contributed by atoms with Gasteiger partial charge in [-0.25, -0.2) is 4.99 Å². The molecule has 0 saturated heterocycles. The molecule has 17 heavy (non-hydrogen) atoms. The van der Waals surface area contributed by atoms with Gasteiger partial charge in [-0.05, 0) is 12.1 Å². The summed E-state index contributed by atoms with van der Waals surface area (Å²) in [5.74, 6) is 0.660. The summed E-state index contributed by atoms with van der Waals surface area (Å²) < 4.78 is 5.25. The molecule has 1 aromatic rings. The molecule has 0 atom stereocenters. The molecule has 4 nitrogen and oxygen atoms in total. The lowest BCUT2D eigenvalue weighted by molar-refractivity contribution is -0.00657. The Morgan fingerprint density at radius 2 is 2.00 bits per heavy atom. The molecule has 0 aliphatic heterocycles. The van der Waals surface area contributed by atoms with Gasteiger partial charge in [0.15, 0.2) is 0 Å². The van der Waals surface area contributed by atoms with Crippen molar-refractivity contribution >= 4 is 17.1 Å². The van der Waals surface area contributed by atoms with E-state index < -0.39 is 0 Å². The molecule has 0 unspecified atom stereocenters. The van der Waals surface area contributed by atoms with Crippen LogP contribution in [-0.4, -0.2) is 23.3 Å². The van der Waals surface area contributed by atoms with Crippen LogP contribution in [-0.2, 0) is 4.74 Å². The molecule has 0 heterocycles. The Hall–Kier alpha value is -2.19. The molecule has 1 aliphatic carbocycles. The molecule has 0 radical (unpaired) electrons. The highest BCUT2D eigenvalue weighted by atomic mass is 16.5. The predicted molar refractivity (Wildman–Crippen MR) is 66.5 cm³/mol. The first-order valence-corrected chi connectivity index (χ1v) is 5.43. The van der Waals surface area contributed by atoms with E-state index in [0.717, 1.165) is 11.4 Å². The second-order valence-corrected chi connectivity index (χ2v) is 3.70. The van der Waals surface area contributed by atoms with Gasteiger partial charge in [0.05, 0.1) is 31.0 Å². The van der Waals surface area contributed by atoms with Crippen molar-refractivity contribution in [3.8, 4) is 0 Å². The van der Waals surface area contributed by atoms with Crippen LogP contribution in [0.4, 0.5) is 5.69 Å². The Kier molecular flexibility index (Phi) is 3.48. The summed E-state index contributed by atoms with van der Waals surface area (Å²) in [6.45, 7) is 0. The average molecular weight is 227 g/mol. The van der Waals surface area contributed by atoms with Crippen molar-refractivity contribution in [3.63, 3.8) is 0 Å². The Labute approximate surface area is 99.9 Å². The van der Waals surface area contributed by atoms with Crippen LogP contribution in [0.2, 0.25) is 0 Å². The first-order valence-electron chi connectivity index (χ1n) is 5.43. The highest BCUT2D eigenvalue weighted by Crippen LogP contribution is 2.19. The Morgan fingerprint density at radius 3 is 2.65 bits per heavy atom. The van der Waals surface area contributed by atoms with Crippen molar-refractivity contribution < 1.29 is 9.53 Å². The number of methoxy groups -OCH3 is 1. The van der Waals surface area contributed by atoms with Gasteiger partial charge in [0.1, 0.15) is 5.76 Å². The molecule has 86 valence electrons. The van der Waals surface area contributed by atoms with Gasteiger partial charge in [-0.3, -0.25) is 0 Å². The zero-order valence-electron chi connectivity index (χ0n) is 9.63. The zero-order valence-corrected chi connectivity index (χ0v) is 9.63. The van der Waals surface area contributed by atoms with Crippen molar-refractivity contribution in [1.29, 1.82) is 0 Å². The van der Waals surface area contributed by atoms with Crippen LogP contribution in [0.3, 0.4) is 0 Å². The molecule has 0 fully saturated rings. The van der Waals surface area contributed by atoms with Crippen molar-refractivity contribution in [2.45, 2.75) is 12.8 Å². The second kappa shape index (κ2) is 5.23. The van der Waals surface area contributed by atoms with Crippen molar-refractivity contribution in [2.24, 2.45) is 4.99 Å². The number of para-hydroxylation sites is 1. The van der Waals surface area contributed by atoms with Crippen molar-refractivity contribution in [2.75, 3.05) is 7.11 Å². The van der Waals surface area contributed by atoms with E-state index in [4.69, 9.17) is 10.3 Å². The SMILES string of the molecule is COC1=CC(=[N+]=[N-])CCC1=Nc1ccccc1. The minimum absolute atomic E-state index is 0.619. The maximum atomic E-state index is 8.73. The van der Waals surface area contributed by atoms with E-state index in [2.05, 4.69) is 9.78 Å². The summed E-state index contributed by atoms with van der Waals surface area (Å²) in [6.07, 6.45) is 3.11. The molecular formula is C13H13N3O. The van der Waals surface area contributed by atoms with Crippen molar-refractivity contribution in [1.82, 2.24) is 0 Å². The number of benzene rings is 1. The van der Waals surface area contributed by atoms with Crippen LogP contribution in [0.15, 0.2) is 47.2 Å². The third kappa shape index (κ3) is 2.68. The van der Waals surface area contributed by atoms with Crippen molar-refractivity contribution in [3.05, 3.63) is 47.7 Å². The van der Waals surface area contributed by atoms with E-state index in [9.17, 15) is 0 Å². The number of ether oxygens (including phenoxy) is 1. The molecule has 1 aromatic carbocycles. The topological polar surface area (TPSA) is 58.0 Å². The maximum Gasteiger partial charge on any atom is 0.296 e. The molecule has 0 bridgehead atoms. The van der Waals surface area contributed by atoms with Crippen LogP contribution < -0.4 is 0 Å². The van der Waals surface area contributed by atoms with Crippen LogP contribution in [0.5, 0.6) is 0 Å². The monoisotopic (exact) mass is 227 g/mol. The fourth-order valence-electron chi connectivity index (χ4n) is 1.70. The van der Waals surface area contributed by atoms with E-state index in [1.54, 1.807) is 13.2 Å². The summed E-state index contributed by atoms with van der Waals surface area (Å²) in [6, 6.07) is 9.72. The Balaban J connectivity index is 2.34. The number of hydrogen-bond acceptors (Lipinski definition) is 2. The van der Waals surface area contributed by atoms with E-state index in [1.165, 1.54) is 0 Å². The molecule has 0 amide bonds. The molecule has 4 heteroatoms. The smallest absolute Gasteiger partial charge is 0.296 e. The van der Waals surface area contributed by atoms with Gasteiger partial charge in [0.25, 0.3) is 5.71 Å². The average Bonchev–Trinajstić information content (AvgIpc) is 2.40. The lowest BCUT2D eigenvalue weighted by atomic mass is 10.0. The fraction of sp³-hybridized carbons (Fsp3) is 0.231. The molecule has 0 aromatic heterocycles. The predicted octanol–water partition coefficient (Wildman–Crippen LogP) is 2.75. The second-order valence-electron chi connectivity index (χ2n) is 3.70. The Bertz CT molecular complexity index is 511. The summed E-state index contributed by atoms with van der Waals surface area (Å²) >= 11 is 0. The molecule has 2 rings (SSSR count). The molecule has 0 saturated carbocycles. The molecule has 0 spiro atoms. The van der Waals surface area contributed by atoms with E-state index >= 15 is 0 Å². The summed E-state index contributed by atoms with van der Waals surface area (Å²) in [5.41, 5.74) is 11.1. The number of allylic oxidation sites excluding steroid dienone is 2. The largest absolute Gasteiger partial charge is 0.495 e. The first-order chi connectivity index (χ1) is 8.33. The standard InChI is InChI=1S/C13H13N3O/c1-17-13-9-11(16-14)7-8-12(13)15-10-5-3-2-4-6-10/h2-6,9H,7-8H2,1H3. The van der Waals surface area contributed by atoms with Crippen LogP contribution >= 0.6 is 0 Å². The molecule has 1 aliphatic rings. The van der Waals surface area contributed by atoms with Crippen LogP contribution in [0.1, 0.15) is 12.8 Å². The van der Waals surface area contributed by atoms with E-state index in [-0.39, 0.29) is 0 Å². The summed E-state index contributed by atoms with van der Waals surface area (Å²) in [7, 11) is 1.59. The van der Waals surface area contributed by atoms with Gasteiger partial charge in [0, 0.05) is 6.42 Å². The minimum Gasteiger partial charge on any atom is -0.495 e.